The Morgan fingerprint density at radius 2 is 2.29 bits per heavy atom. The van der Waals surface area contributed by atoms with Crippen LogP contribution in [0, 0.1) is 3.57 Å². The van der Waals surface area contributed by atoms with Crippen LogP contribution in [0.1, 0.15) is 24.5 Å². The smallest absolute Gasteiger partial charge is 0.211 e. The van der Waals surface area contributed by atoms with Crippen LogP contribution >= 0.6 is 22.6 Å². The van der Waals surface area contributed by atoms with Crippen molar-refractivity contribution in [1.29, 1.82) is 0 Å². The largest absolute Gasteiger partial charge is 0.261 e. The number of hydrogen-bond donors (Lipinski definition) is 0. The zero-order chi connectivity index (χ0) is 12.5. The molecule has 94 valence electrons. The van der Waals surface area contributed by atoms with E-state index in [4.69, 9.17) is 0 Å². The summed E-state index contributed by atoms with van der Waals surface area (Å²) in [7, 11) is -3.07. The van der Waals surface area contributed by atoms with Crippen molar-refractivity contribution < 1.29 is 8.42 Å². The summed E-state index contributed by atoms with van der Waals surface area (Å²) < 4.78 is 25.8. The van der Waals surface area contributed by atoms with Crippen LogP contribution in [0.4, 0.5) is 0 Å². The average molecular weight is 366 g/mol. The summed E-state index contributed by atoms with van der Waals surface area (Å²) in [6.07, 6.45) is 4.98. The zero-order valence-corrected chi connectivity index (χ0v) is 12.6. The van der Waals surface area contributed by atoms with Gasteiger partial charge < -0.3 is 0 Å². The van der Waals surface area contributed by atoms with Gasteiger partial charge in [-0.15, -0.1) is 0 Å². The molecule has 2 heterocycles. The summed E-state index contributed by atoms with van der Waals surface area (Å²) in [6.45, 7) is 1.20. The number of halogens is 1. The van der Waals surface area contributed by atoms with Crippen LogP contribution in [-0.2, 0) is 10.0 Å². The second-order valence-corrected chi connectivity index (χ2v) is 7.59. The van der Waals surface area contributed by atoms with Crippen LogP contribution in [0.2, 0.25) is 0 Å². The minimum Gasteiger partial charge on any atom is -0.261 e. The molecule has 1 aliphatic rings. The molecule has 6 heteroatoms. The molecular weight excluding hydrogens is 351 g/mol. The number of hydrogen-bond acceptors (Lipinski definition) is 3. The van der Waals surface area contributed by atoms with Gasteiger partial charge in [0.25, 0.3) is 0 Å². The minimum atomic E-state index is -3.07. The van der Waals surface area contributed by atoms with Crippen molar-refractivity contribution in [2.24, 2.45) is 0 Å². The van der Waals surface area contributed by atoms with E-state index in [2.05, 4.69) is 27.6 Å². The third-order valence-electron chi connectivity index (χ3n) is 3.01. The van der Waals surface area contributed by atoms with Gasteiger partial charge in [-0.2, -0.15) is 0 Å². The maximum atomic E-state index is 11.5. The van der Waals surface area contributed by atoms with Gasteiger partial charge in [0, 0.05) is 34.5 Å². The molecule has 0 N–H and O–H groups in total. The summed E-state index contributed by atoms with van der Waals surface area (Å²) in [5.41, 5.74) is 1.00. The minimum absolute atomic E-state index is 0.230. The van der Waals surface area contributed by atoms with E-state index in [9.17, 15) is 8.42 Å². The zero-order valence-electron chi connectivity index (χ0n) is 9.63. The molecule has 0 saturated carbocycles. The van der Waals surface area contributed by atoms with Crippen molar-refractivity contribution in [2.75, 3.05) is 19.3 Å². The Balaban J connectivity index is 2.18. The van der Waals surface area contributed by atoms with Gasteiger partial charge in [-0.25, -0.2) is 12.7 Å². The van der Waals surface area contributed by atoms with E-state index in [-0.39, 0.29) is 5.92 Å². The van der Waals surface area contributed by atoms with Crippen molar-refractivity contribution >= 4 is 32.6 Å². The molecule has 1 aromatic heterocycles. The van der Waals surface area contributed by atoms with Crippen molar-refractivity contribution in [2.45, 2.75) is 18.8 Å². The molecule has 1 aromatic rings. The Bertz CT molecular complexity index is 504. The Labute approximate surface area is 116 Å². The second kappa shape index (κ2) is 5.19. The van der Waals surface area contributed by atoms with Crippen LogP contribution in [0.25, 0.3) is 0 Å². The van der Waals surface area contributed by atoms with Crippen LogP contribution in [0.5, 0.6) is 0 Å². The summed E-state index contributed by atoms with van der Waals surface area (Å²) >= 11 is 2.25. The molecule has 4 nitrogen and oxygen atoms in total. The molecule has 1 aliphatic heterocycles. The fourth-order valence-electron chi connectivity index (χ4n) is 2.13. The average Bonchev–Trinajstić information content (AvgIpc) is 2.28. The van der Waals surface area contributed by atoms with E-state index < -0.39 is 10.0 Å². The molecule has 1 atom stereocenters. The van der Waals surface area contributed by atoms with Gasteiger partial charge >= 0.3 is 0 Å². The number of rotatable bonds is 2. The van der Waals surface area contributed by atoms with Crippen LogP contribution in [0.15, 0.2) is 18.3 Å². The first-order valence-electron chi connectivity index (χ1n) is 5.53. The van der Waals surface area contributed by atoms with Gasteiger partial charge in [0.05, 0.1) is 6.26 Å². The highest BCUT2D eigenvalue weighted by molar-refractivity contribution is 14.1. The summed E-state index contributed by atoms with van der Waals surface area (Å²) in [5, 5.41) is 0. The van der Waals surface area contributed by atoms with Gasteiger partial charge in [0.2, 0.25) is 10.0 Å². The number of aromatic nitrogens is 1. The molecule has 1 saturated heterocycles. The lowest BCUT2D eigenvalue weighted by Gasteiger charge is -2.30. The Hall–Kier alpha value is -0.210. The molecule has 0 aromatic carbocycles. The van der Waals surface area contributed by atoms with Gasteiger partial charge in [-0.1, -0.05) is 0 Å². The number of sulfonamides is 1. The molecule has 17 heavy (non-hydrogen) atoms. The van der Waals surface area contributed by atoms with E-state index in [1.807, 2.05) is 12.1 Å². The predicted octanol–water partition coefficient (Wildman–Crippen LogP) is 1.83. The Kier molecular flexibility index (Phi) is 4.04. The lowest BCUT2D eigenvalue weighted by Crippen LogP contribution is -2.38. The molecule has 2 rings (SSSR count). The lowest BCUT2D eigenvalue weighted by atomic mass is 9.96. The van der Waals surface area contributed by atoms with E-state index in [0.717, 1.165) is 22.1 Å². The van der Waals surface area contributed by atoms with Gasteiger partial charge in [-0.3, -0.25) is 4.98 Å². The highest BCUT2D eigenvalue weighted by atomic mass is 127. The first kappa shape index (κ1) is 13.2. The fourth-order valence-corrected chi connectivity index (χ4v) is 3.52. The third-order valence-corrected chi connectivity index (χ3v) is 4.96. The van der Waals surface area contributed by atoms with Crippen LogP contribution in [0.3, 0.4) is 0 Å². The SMILES string of the molecule is CS(=O)(=O)N1CCCC(c2cc(I)ccn2)C1. The number of nitrogens with zero attached hydrogens (tertiary/aromatic N) is 2. The molecular formula is C11H15IN2O2S. The topological polar surface area (TPSA) is 50.3 Å². The van der Waals surface area contributed by atoms with Crippen molar-refractivity contribution in [3.8, 4) is 0 Å². The maximum absolute atomic E-state index is 11.5. The highest BCUT2D eigenvalue weighted by Gasteiger charge is 2.27. The quantitative estimate of drug-likeness (QED) is 0.751. The van der Waals surface area contributed by atoms with Crippen molar-refractivity contribution in [1.82, 2.24) is 9.29 Å². The van der Waals surface area contributed by atoms with E-state index in [1.165, 1.54) is 6.26 Å². The first-order chi connectivity index (χ1) is 7.97. The monoisotopic (exact) mass is 366 g/mol. The van der Waals surface area contributed by atoms with Gasteiger partial charge in [0.1, 0.15) is 0 Å². The second-order valence-electron chi connectivity index (χ2n) is 4.36. The lowest BCUT2D eigenvalue weighted by molar-refractivity contribution is 0.314. The van der Waals surface area contributed by atoms with E-state index in [1.54, 1.807) is 10.5 Å². The number of pyridine rings is 1. The molecule has 0 radical (unpaired) electrons. The fraction of sp³-hybridized carbons (Fsp3) is 0.545. The molecule has 0 aliphatic carbocycles. The van der Waals surface area contributed by atoms with Gasteiger partial charge in [0.15, 0.2) is 0 Å². The molecule has 0 spiro atoms. The first-order valence-corrected chi connectivity index (χ1v) is 8.46. The number of piperidine rings is 1. The summed E-state index contributed by atoms with van der Waals surface area (Å²) in [4.78, 5) is 4.35. The van der Waals surface area contributed by atoms with Gasteiger partial charge in [-0.05, 0) is 47.6 Å². The molecule has 1 fully saturated rings. The van der Waals surface area contributed by atoms with Crippen LogP contribution in [-0.4, -0.2) is 37.1 Å². The van der Waals surface area contributed by atoms with Crippen LogP contribution < -0.4 is 0 Å². The summed E-state index contributed by atoms with van der Waals surface area (Å²) in [5.74, 6) is 0.230. The predicted molar refractivity (Wildman–Crippen MR) is 75.3 cm³/mol. The maximum Gasteiger partial charge on any atom is 0.211 e. The standard InChI is InChI=1S/C11H15IN2O2S/c1-17(15,16)14-6-2-3-9(8-14)11-7-10(12)4-5-13-11/h4-5,7,9H,2-3,6,8H2,1H3. The van der Waals surface area contributed by atoms with E-state index in [0.29, 0.717) is 13.1 Å². The molecule has 1 unspecified atom stereocenters. The molecule has 0 amide bonds. The highest BCUT2D eigenvalue weighted by Crippen LogP contribution is 2.27. The Morgan fingerprint density at radius 1 is 1.53 bits per heavy atom. The summed E-state index contributed by atoms with van der Waals surface area (Å²) in [6, 6.07) is 3.98. The normalized spacial score (nSPS) is 22.6. The Morgan fingerprint density at radius 3 is 2.94 bits per heavy atom. The third kappa shape index (κ3) is 3.38. The molecule has 0 bridgehead atoms. The van der Waals surface area contributed by atoms with Crippen molar-refractivity contribution in [3.63, 3.8) is 0 Å². The van der Waals surface area contributed by atoms with E-state index >= 15 is 0 Å². The van der Waals surface area contributed by atoms with Crippen molar-refractivity contribution in [3.05, 3.63) is 27.6 Å².